The average Bonchev–Trinajstić information content (AvgIpc) is 2.76. The quantitative estimate of drug-likeness (QED) is 0.323. The first-order valence-electron chi connectivity index (χ1n) is 9.32. The molecule has 0 spiro atoms. The van der Waals surface area contributed by atoms with E-state index in [0.717, 1.165) is 33.4 Å². The molecule has 0 atom stereocenters. The van der Waals surface area contributed by atoms with Crippen LogP contribution in [0.5, 0.6) is 0 Å². The molecule has 0 radical (unpaired) electrons. The van der Waals surface area contributed by atoms with Crippen LogP contribution in [0.15, 0.2) is 91.3 Å². The van der Waals surface area contributed by atoms with Crippen molar-refractivity contribution < 1.29 is 4.74 Å². The van der Waals surface area contributed by atoms with Gasteiger partial charge in [0.1, 0.15) is 0 Å². The van der Waals surface area contributed by atoms with Gasteiger partial charge in [0.25, 0.3) is 0 Å². The highest BCUT2D eigenvalue weighted by molar-refractivity contribution is 6.35. The normalized spacial score (nSPS) is 10.8. The summed E-state index contributed by atoms with van der Waals surface area (Å²) in [5.41, 5.74) is 6.51. The standard InChI is InChI=1S/C25H19Cl2NO/c26-21-12-11-20(25(27)14-21)16-29-17-24-22(18-6-2-1-3-7-18)9-4-10-23(24)19-8-5-13-28-15-19/h1-15H,16-17H2. The van der Waals surface area contributed by atoms with E-state index < -0.39 is 0 Å². The fourth-order valence-electron chi connectivity index (χ4n) is 3.32. The molecule has 0 aliphatic carbocycles. The summed E-state index contributed by atoms with van der Waals surface area (Å²) in [4.78, 5) is 4.28. The zero-order valence-corrected chi connectivity index (χ0v) is 17.2. The number of ether oxygens (including phenoxy) is 1. The van der Waals surface area contributed by atoms with Crippen LogP contribution in [-0.2, 0) is 18.0 Å². The molecule has 0 amide bonds. The van der Waals surface area contributed by atoms with Crippen molar-refractivity contribution in [3.63, 3.8) is 0 Å². The van der Waals surface area contributed by atoms with Gasteiger partial charge < -0.3 is 4.74 Å². The van der Waals surface area contributed by atoms with E-state index in [1.54, 1.807) is 12.3 Å². The lowest BCUT2D eigenvalue weighted by Crippen LogP contribution is -2.00. The van der Waals surface area contributed by atoms with E-state index >= 15 is 0 Å². The van der Waals surface area contributed by atoms with Crippen LogP contribution in [0.25, 0.3) is 22.3 Å². The van der Waals surface area contributed by atoms with Crippen molar-refractivity contribution in [2.24, 2.45) is 0 Å². The number of hydrogen-bond acceptors (Lipinski definition) is 2. The Bertz CT molecular complexity index is 1040. The second kappa shape index (κ2) is 9.23. The zero-order valence-electron chi connectivity index (χ0n) is 15.7. The molecule has 0 aliphatic rings. The summed E-state index contributed by atoms with van der Waals surface area (Å²) in [6.07, 6.45) is 3.66. The Balaban J connectivity index is 1.68. The fourth-order valence-corrected chi connectivity index (χ4v) is 3.79. The Morgan fingerprint density at radius 2 is 1.48 bits per heavy atom. The maximum absolute atomic E-state index is 6.29. The van der Waals surface area contributed by atoms with Gasteiger partial charge in [0.05, 0.1) is 13.2 Å². The van der Waals surface area contributed by atoms with Gasteiger partial charge in [-0.25, -0.2) is 0 Å². The first kappa shape index (κ1) is 19.7. The van der Waals surface area contributed by atoms with Crippen LogP contribution in [0.2, 0.25) is 10.0 Å². The van der Waals surface area contributed by atoms with Gasteiger partial charge in [-0.05, 0) is 46.0 Å². The smallest absolute Gasteiger partial charge is 0.0735 e. The molecular formula is C25H19Cl2NO. The monoisotopic (exact) mass is 419 g/mol. The van der Waals surface area contributed by atoms with E-state index in [2.05, 4.69) is 41.4 Å². The summed E-state index contributed by atoms with van der Waals surface area (Å²) in [5.74, 6) is 0. The Labute approximate surface area is 180 Å². The molecule has 0 N–H and O–H groups in total. The topological polar surface area (TPSA) is 22.1 Å². The second-order valence-corrected chi connectivity index (χ2v) is 7.51. The van der Waals surface area contributed by atoms with E-state index in [1.807, 2.05) is 42.6 Å². The highest BCUT2D eigenvalue weighted by atomic mass is 35.5. The van der Waals surface area contributed by atoms with Gasteiger partial charge in [0.15, 0.2) is 0 Å². The number of pyridine rings is 1. The maximum Gasteiger partial charge on any atom is 0.0735 e. The van der Waals surface area contributed by atoms with Crippen molar-refractivity contribution in [3.8, 4) is 22.3 Å². The van der Waals surface area contributed by atoms with E-state index in [4.69, 9.17) is 27.9 Å². The Morgan fingerprint density at radius 3 is 2.21 bits per heavy atom. The number of hydrogen-bond donors (Lipinski definition) is 0. The molecule has 0 fully saturated rings. The molecule has 1 heterocycles. The molecule has 29 heavy (non-hydrogen) atoms. The molecule has 2 nitrogen and oxygen atoms in total. The third-order valence-corrected chi connectivity index (χ3v) is 5.34. The van der Waals surface area contributed by atoms with Crippen LogP contribution < -0.4 is 0 Å². The Kier molecular flexibility index (Phi) is 6.26. The minimum absolute atomic E-state index is 0.408. The summed E-state index contributed by atoms with van der Waals surface area (Å²) in [7, 11) is 0. The first-order valence-corrected chi connectivity index (χ1v) is 10.1. The summed E-state index contributed by atoms with van der Waals surface area (Å²) >= 11 is 12.3. The predicted octanol–water partition coefficient (Wildman–Crippen LogP) is 7.44. The van der Waals surface area contributed by atoms with Gasteiger partial charge in [-0.2, -0.15) is 0 Å². The van der Waals surface area contributed by atoms with Gasteiger partial charge in [0, 0.05) is 28.0 Å². The molecule has 0 unspecified atom stereocenters. The van der Waals surface area contributed by atoms with Gasteiger partial charge >= 0.3 is 0 Å². The third-order valence-electron chi connectivity index (χ3n) is 4.75. The lowest BCUT2D eigenvalue weighted by atomic mass is 9.93. The van der Waals surface area contributed by atoms with Gasteiger partial charge in [-0.1, -0.05) is 83.9 Å². The van der Waals surface area contributed by atoms with Crippen molar-refractivity contribution in [2.45, 2.75) is 13.2 Å². The van der Waals surface area contributed by atoms with Crippen molar-refractivity contribution in [3.05, 3.63) is 112 Å². The van der Waals surface area contributed by atoms with Crippen LogP contribution in [-0.4, -0.2) is 4.98 Å². The number of aromatic nitrogens is 1. The summed E-state index contributed by atoms with van der Waals surface area (Å²) in [6.45, 7) is 0.861. The van der Waals surface area contributed by atoms with E-state index in [-0.39, 0.29) is 0 Å². The van der Waals surface area contributed by atoms with E-state index in [0.29, 0.717) is 23.3 Å². The summed E-state index contributed by atoms with van der Waals surface area (Å²) in [6, 6.07) is 26.1. The first-order chi connectivity index (χ1) is 14.2. The maximum atomic E-state index is 6.29. The van der Waals surface area contributed by atoms with Gasteiger partial charge in [-0.3, -0.25) is 4.98 Å². The lowest BCUT2D eigenvalue weighted by Gasteiger charge is -2.16. The highest BCUT2D eigenvalue weighted by Gasteiger charge is 2.13. The van der Waals surface area contributed by atoms with Crippen molar-refractivity contribution in [2.75, 3.05) is 0 Å². The Morgan fingerprint density at radius 1 is 0.724 bits per heavy atom. The van der Waals surface area contributed by atoms with Crippen LogP contribution in [0.3, 0.4) is 0 Å². The SMILES string of the molecule is Clc1ccc(COCc2c(-c3ccccc3)cccc2-c2cccnc2)c(Cl)c1. The molecule has 4 rings (SSSR count). The predicted molar refractivity (Wildman–Crippen MR) is 120 cm³/mol. The fraction of sp³-hybridized carbons (Fsp3) is 0.0800. The molecule has 144 valence electrons. The lowest BCUT2D eigenvalue weighted by molar-refractivity contribution is 0.108. The van der Waals surface area contributed by atoms with Crippen LogP contribution in [0.1, 0.15) is 11.1 Å². The van der Waals surface area contributed by atoms with Crippen LogP contribution >= 0.6 is 23.2 Å². The molecule has 0 aliphatic heterocycles. The molecule has 0 saturated carbocycles. The molecule has 0 bridgehead atoms. The van der Waals surface area contributed by atoms with Crippen molar-refractivity contribution >= 4 is 23.2 Å². The number of benzene rings is 3. The molecular weight excluding hydrogens is 401 g/mol. The van der Waals surface area contributed by atoms with Crippen LogP contribution in [0, 0.1) is 0 Å². The van der Waals surface area contributed by atoms with Crippen molar-refractivity contribution in [1.29, 1.82) is 0 Å². The third kappa shape index (κ3) is 4.68. The molecule has 1 aromatic heterocycles. The molecule has 0 saturated heterocycles. The highest BCUT2D eigenvalue weighted by Crippen LogP contribution is 2.33. The minimum atomic E-state index is 0.408. The minimum Gasteiger partial charge on any atom is -0.372 e. The van der Waals surface area contributed by atoms with Gasteiger partial charge in [0.2, 0.25) is 0 Å². The number of nitrogens with zero attached hydrogens (tertiary/aromatic N) is 1. The number of halogens is 2. The molecule has 3 aromatic carbocycles. The second-order valence-electron chi connectivity index (χ2n) is 6.67. The molecule has 4 heteroatoms. The van der Waals surface area contributed by atoms with E-state index in [1.165, 1.54) is 0 Å². The van der Waals surface area contributed by atoms with Crippen LogP contribution in [0.4, 0.5) is 0 Å². The number of rotatable bonds is 6. The van der Waals surface area contributed by atoms with Gasteiger partial charge in [-0.15, -0.1) is 0 Å². The largest absolute Gasteiger partial charge is 0.372 e. The molecule has 4 aromatic rings. The summed E-state index contributed by atoms with van der Waals surface area (Å²) < 4.78 is 6.10. The Hall–Kier alpha value is -2.65. The van der Waals surface area contributed by atoms with E-state index in [9.17, 15) is 0 Å². The zero-order chi connectivity index (χ0) is 20.1. The average molecular weight is 420 g/mol. The summed E-state index contributed by atoms with van der Waals surface area (Å²) in [5, 5.41) is 1.23. The van der Waals surface area contributed by atoms with Crippen molar-refractivity contribution in [1.82, 2.24) is 4.98 Å².